The van der Waals surface area contributed by atoms with Crippen molar-refractivity contribution in [2.45, 2.75) is 19.9 Å². The van der Waals surface area contributed by atoms with Crippen molar-refractivity contribution in [3.63, 3.8) is 0 Å². The first kappa shape index (κ1) is 13.4. The third-order valence-corrected chi connectivity index (χ3v) is 2.46. The van der Waals surface area contributed by atoms with Gasteiger partial charge in [0.25, 0.3) is 0 Å². The molecule has 0 heterocycles. The molecular weight excluding hydrogens is 223 g/mol. The minimum absolute atomic E-state index is 0.0593. The van der Waals surface area contributed by atoms with Crippen LogP contribution in [0.1, 0.15) is 25.5 Å². The van der Waals surface area contributed by atoms with Gasteiger partial charge in [-0.15, -0.1) is 0 Å². The molecule has 1 aromatic rings. The van der Waals surface area contributed by atoms with Crippen LogP contribution >= 0.6 is 0 Å². The lowest BCUT2D eigenvalue weighted by molar-refractivity contribution is -0.122. The summed E-state index contributed by atoms with van der Waals surface area (Å²) in [4.78, 5) is 10.8. The largest absolute Gasteiger partial charge is 0.490 e. The second-order valence-electron chi connectivity index (χ2n) is 4.09. The molecule has 1 aromatic carbocycles. The van der Waals surface area contributed by atoms with E-state index in [1.165, 1.54) is 12.1 Å². The van der Waals surface area contributed by atoms with Gasteiger partial charge in [-0.25, -0.2) is 4.39 Å². The van der Waals surface area contributed by atoms with Crippen LogP contribution in [0.25, 0.3) is 0 Å². The number of hydrogen-bond donors (Lipinski definition) is 2. The predicted molar refractivity (Wildman–Crippen MR) is 62.9 cm³/mol. The van der Waals surface area contributed by atoms with Gasteiger partial charge in [-0.05, 0) is 24.6 Å². The molecule has 4 nitrogen and oxygen atoms in total. The first-order chi connectivity index (χ1) is 7.91. The maximum absolute atomic E-state index is 13.6. The topological polar surface area (TPSA) is 78.3 Å². The molecule has 0 fully saturated rings. The fourth-order valence-electron chi connectivity index (χ4n) is 1.21. The van der Waals surface area contributed by atoms with Crippen molar-refractivity contribution in [1.82, 2.24) is 0 Å². The highest BCUT2D eigenvalue weighted by Crippen LogP contribution is 2.21. The Bertz CT molecular complexity index is 407. The number of carbonyl (C=O) groups excluding carboxylic acids is 1. The molecule has 0 spiro atoms. The summed E-state index contributed by atoms with van der Waals surface area (Å²) >= 11 is 0. The summed E-state index contributed by atoms with van der Waals surface area (Å²) in [6.45, 7) is 3.45. The molecular formula is C12H17FN2O2. The smallest absolute Gasteiger partial charge is 0.223 e. The minimum Gasteiger partial charge on any atom is -0.490 e. The molecule has 2 atom stereocenters. The fourth-order valence-corrected chi connectivity index (χ4v) is 1.21. The van der Waals surface area contributed by atoms with E-state index in [2.05, 4.69) is 0 Å². The Labute approximate surface area is 99.7 Å². The van der Waals surface area contributed by atoms with Crippen LogP contribution in [0.3, 0.4) is 0 Å². The maximum atomic E-state index is 13.6. The summed E-state index contributed by atoms with van der Waals surface area (Å²) in [5.74, 6) is -1.32. The Kier molecular flexibility index (Phi) is 4.45. The van der Waals surface area contributed by atoms with Gasteiger partial charge in [0.15, 0.2) is 11.6 Å². The number of primary amides is 1. The minimum atomic E-state index is -0.489. The third kappa shape index (κ3) is 3.71. The summed E-state index contributed by atoms with van der Waals surface area (Å²) in [5, 5.41) is 0. The van der Waals surface area contributed by atoms with E-state index in [-0.39, 0.29) is 18.4 Å². The first-order valence-electron chi connectivity index (χ1n) is 5.39. The summed E-state index contributed by atoms with van der Waals surface area (Å²) in [6.07, 6.45) is 0. The number of amides is 1. The molecule has 1 unspecified atom stereocenters. The van der Waals surface area contributed by atoms with Gasteiger partial charge in [0.2, 0.25) is 5.91 Å². The zero-order valence-corrected chi connectivity index (χ0v) is 9.94. The average molecular weight is 240 g/mol. The molecule has 0 bridgehead atoms. The van der Waals surface area contributed by atoms with Gasteiger partial charge >= 0.3 is 0 Å². The summed E-state index contributed by atoms with van der Waals surface area (Å²) < 4.78 is 18.7. The predicted octanol–water partition coefficient (Wildman–Crippen LogP) is 1.35. The van der Waals surface area contributed by atoms with Crippen LogP contribution in [0.4, 0.5) is 4.39 Å². The van der Waals surface area contributed by atoms with Crippen LogP contribution in [0.5, 0.6) is 5.75 Å². The molecule has 17 heavy (non-hydrogen) atoms. The van der Waals surface area contributed by atoms with Gasteiger partial charge in [0, 0.05) is 6.04 Å². The van der Waals surface area contributed by atoms with Gasteiger partial charge in [0.05, 0.1) is 12.5 Å². The first-order valence-corrected chi connectivity index (χ1v) is 5.39. The van der Waals surface area contributed by atoms with E-state index in [0.29, 0.717) is 5.56 Å². The fraction of sp³-hybridized carbons (Fsp3) is 0.417. The number of carbonyl (C=O) groups is 1. The number of rotatable bonds is 5. The third-order valence-electron chi connectivity index (χ3n) is 2.46. The molecule has 94 valence electrons. The molecule has 5 heteroatoms. The Morgan fingerprint density at radius 1 is 1.47 bits per heavy atom. The van der Waals surface area contributed by atoms with Crippen LogP contribution < -0.4 is 16.2 Å². The van der Waals surface area contributed by atoms with Gasteiger partial charge in [-0.1, -0.05) is 13.0 Å². The quantitative estimate of drug-likeness (QED) is 0.815. The van der Waals surface area contributed by atoms with Crippen molar-refractivity contribution in [2.24, 2.45) is 17.4 Å². The summed E-state index contributed by atoms with van der Waals surface area (Å²) in [6, 6.07) is 4.29. The molecule has 0 saturated heterocycles. The van der Waals surface area contributed by atoms with Crippen LogP contribution in [0, 0.1) is 11.7 Å². The molecule has 1 amide bonds. The number of hydrogen-bond acceptors (Lipinski definition) is 3. The molecule has 0 aliphatic heterocycles. The van der Waals surface area contributed by atoms with Gasteiger partial charge in [-0.3, -0.25) is 4.79 Å². The van der Waals surface area contributed by atoms with E-state index >= 15 is 0 Å². The molecule has 0 aliphatic rings. The van der Waals surface area contributed by atoms with E-state index in [0.717, 1.165) is 0 Å². The van der Waals surface area contributed by atoms with E-state index in [9.17, 15) is 9.18 Å². The maximum Gasteiger partial charge on any atom is 0.223 e. The van der Waals surface area contributed by atoms with Crippen molar-refractivity contribution >= 4 is 5.91 Å². The molecule has 0 saturated carbocycles. The number of ether oxygens (including phenoxy) is 1. The van der Waals surface area contributed by atoms with Gasteiger partial charge < -0.3 is 16.2 Å². The van der Waals surface area contributed by atoms with Gasteiger partial charge in [0.1, 0.15) is 0 Å². The highest BCUT2D eigenvalue weighted by atomic mass is 19.1. The SMILES string of the molecule is CC(COc1ccc([C@@H](C)N)cc1F)C(N)=O. The Morgan fingerprint density at radius 3 is 2.59 bits per heavy atom. The van der Waals surface area contributed by atoms with Crippen molar-refractivity contribution in [2.75, 3.05) is 6.61 Å². The van der Waals surface area contributed by atoms with E-state index in [4.69, 9.17) is 16.2 Å². The molecule has 4 N–H and O–H groups in total. The highest BCUT2D eigenvalue weighted by molar-refractivity contribution is 5.76. The molecule has 0 radical (unpaired) electrons. The number of nitrogens with two attached hydrogens (primary N) is 2. The second kappa shape index (κ2) is 5.63. The standard InChI is InChI=1S/C12H17FN2O2/c1-7(12(15)16)6-17-11-4-3-9(8(2)14)5-10(11)13/h3-5,7-8H,6,14H2,1-2H3,(H2,15,16)/t7?,8-/m1/s1. The van der Waals surface area contributed by atoms with Gasteiger partial charge in [-0.2, -0.15) is 0 Å². The Morgan fingerprint density at radius 2 is 2.12 bits per heavy atom. The average Bonchev–Trinajstić information content (AvgIpc) is 2.26. The van der Waals surface area contributed by atoms with Crippen LogP contribution in [-0.2, 0) is 4.79 Å². The van der Waals surface area contributed by atoms with Crippen molar-refractivity contribution in [3.05, 3.63) is 29.6 Å². The zero-order valence-electron chi connectivity index (χ0n) is 9.94. The Hall–Kier alpha value is -1.62. The van der Waals surface area contributed by atoms with Crippen LogP contribution in [-0.4, -0.2) is 12.5 Å². The lowest BCUT2D eigenvalue weighted by Crippen LogP contribution is -2.26. The van der Waals surface area contributed by atoms with Crippen LogP contribution in [0.2, 0.25) is 0 Å². The number of halogens is 1. The van der Waals surface area contributed by atoms with Crippen molar-refractivity contribution in [1.29, 1.82) is 0 Å². The lowest BCUT2D eigenvalue weighted by Gasteiger charge is -2.12. The Balaban J connectivity index is 2.70. The second-order valence-corrected chi connectivity index (χ2v) is 4.09. The van der Waals surface area contributed by atoms with Crippen molar-refractivity contribution < 1.29 is 13.9 Å². The van der Waals surface area contributed by atoms with E-state index < -0.39 is 17.6 Å². The highest BCUT2D eigenvalue weighted by Gasteiger charge is 2.12. The molecule has 1 rings (SSSR count). The normalized spacial score (nSPS) is 14.1. The lowest BCUT2D eigenvalue weighted by atomic mass is 10.1. The molecule has 0 aliphatic carbocycles. The summed E-state index contributed by atoms with van der Waals surface area (Å²) in [7, 11) is 0. The van der Waals surface area contributed by atoms with Crippen molar-refractivity contribution in [3.8, 4) is 5.75 Å². The number of benzene rings is 1. The van der Waals surface area contributed by atoms with E-state index in [1.54, 1.807) is 19.9 Å². The zero-order chi connectivity index (χ0) is 13.0. The monoisotopic (exact) mass is 240 g/mol. The molecule has 0 aromatic heterocycles. The van der Waals surface area contributed by atoms with Crippen LogP contribution in [0.15, 0.2) is 18.2 Å². The summed E-state index contributed by atoms with van der Waals surface area (Å²) in [5.41, 5.74) is 11.4. The van der Waals surface area contributed by atoms with E-state index in [1.807, 2.05) is 0 Å².